The molecular weight excluding hydrogens is 178 g/mol. The van der Waals surface area contributed by atoms with Gasteiger partial charge in [0.2, 0.25) is 0 Å². The van der Waals surface area contributed by atoms with Crippen LogP contribution < -0.4 is 5.73 Å². The number of nitrogens with one attached hydrogen (secondary N) is 1. The molecule has 4 heteroatoms. The molecule has 0 saturated carbocycles. The van der Waals surface area contributed by atoms with Gasteiger partial charge in [-0.1, -0.05) is 0 Å². The Balaban J connectivity index is 2.25. The maximum absolute atomic E-state index is 7.41. The summed E-state index contributed by atoms with van der Waals surface area (Å²) in [5.74, 6) is 2.16. The first-order valence-electron chi connectivity index (χ1n) is 4.84. The lowest BCUT2D eigenvalue weighted by molar-refractivity contribution is 0.408. The SMILES string of the molecule is Cc1cc2c(o1)CCCN(C(=N)N)C2. The summed E-state index contributed by atoms with van der Waals surface area (Å²) >= 11 is 0. The molecule has 0 radical (unpaired) electrons. The van der Waals surface area contributed by atoms with Gasteiger partial charge in [-0.05, 0) is 19.4 Å². The molecule has 0 amide bonds. The van der Waals surface area contributed by atoms with Crippen LogP contribution in [-0.4, -0.2) is 17.4 Å². The first kappa shape index (κ1) is 9.12. The van der Waals surface area contributed by atoms with E-state index in [4.69, 9.17) is 15.6 Å². The van der Waals surface area contributed by atoms with E-state index in [-0.39, 0.29) is 5.96 Å². The van der Waals surface area contributed by atoms with Crippen LogP contribution in [0, 0.1) is 12.3 Å². The molecule has 0 aromatic carbocycles. The predicted octanol–water partition coefficient (Wildman–Crippen LogP) is 1.23. The van der Waals surface area contributed by atoms with E-state index in [9.17, 15) is 0 Å². The molecule has 0 fully saturated rings. The third-order valence-electron chi connectivity index (χ3n) is 2.55. The second kappa shape index (κ2) is 3.36. The molecule has 0 spiro atoms. The maximum Gasteiger partial charge on any atom is 0.188 e. The van der Waals surface area contributed by atoms with Crippen LogP contribution in [0.1, 0.15) is 23.5 Å². The number of hydrogen-bond acceptors (Lipinski definition) is 2. The summed E-state index contributed by atoms with van der Waals surface area (Å²) in [6.45, 7) is 3.51. The third-order valence-corrected chi connectivity index (χ3v) is 2.55. The van der Waals surface area contributed by atoms with Crippen molar-refractivity contribution < 1.29 is 4.42 Å². The fraction of sp³-hybridized carbons (Fsp3) is 0.500. The number of hydrogen-bond donors (Lipinski definition) is 2. The van der Waals surface area contributed by atoms with Crippen LogP contribution in [0.15, 0.2) is 10.5 Å². The predicted molar refractivity (Wildman–Crippen MR) is 54.1 cm³/mol. The van der Waals surface area contributed by atoms with E-state index in [1.165, 1.54) is 5.56 Å². The quantitative estimate of drug-likeness (QED) is 0.481. The van der Waals surface area contributed by atoms with Crippen molar-refractivity contribution >= 4 is 5.96 Å². The Bertz CT molecular complexity index is 356. The number of rotatable bonds is 0. The highest BCUT2D eigenvalue weighted by atomic mass is 16.3. The molecule has 0 bridgehead atoms. The highest BCUT2D eigenvalue weighted by molar-refractivity contribution is 5.74. The molecule has 1 aromatic heterocycles. The van der Waals surface area contributed by atoms with Crippen molar-refractivity contribution in [2.24, 2.45) is 5.73 Å². The lowest BCUT2D eigenvalue weighted by atomic mass is 10.2. The molecular formula is C10H15N3O. The summed E-state index contributed by atoms with van der Waals surface area (Å²) in [4.78, 5) is 1.88. The van der Waals surface area contributed by atoms with Gasteiger partial charge in [-0.3, -0.25) is 5.41 Å². The van der Waals surface area contributed by atoms with Gasteiger partial charge in [0.15, 0.2) is 5.96 Å². The lowest BCUT2D eigenvalue weighted by Crippen LogP contribution is -2.35. The van der Waals surface area contributed by atoms with Gasteiger partial charge in [0.25, 0.3) is 0 Å². The van der Waals surface area contributed by atoms with Crippen LogP contribution in [0.25, 0.3) is 0 Å². The molecule has 1 aliphatic heterocycles. The van der Waals surface area contributed by atoms with E-state index in [0.717, 1.165) is 30.9 Å². The van der Waals surface area contributed by atoms with Gasteiger partial charge in [-0.2, -0.15) is 0 Å². The first-order chi connectivity index (χ1) is 6.66. The van der Waals surface area contributed by atoms with Gasteiger partial charge in [0.1, 0.15) is 11.5 Å². The Morgan fingerprint density at radius 1 is 1.64 bits per heavy atom. The zero-order valence-corrected chi connectivity index (χ0v) is 8.34. The molecule has 0 aliphatic carbocycles. The van der Waals surface area contributed by atoms with Crippen molar-refractivity contribution in [3.05, 3.63) is 23.2 Å². The minimum atomic E-state index is 0.150. The Kier molecular flexibility index (Phi) is 2.19. The normalized spacial score (nSPS) is 16.2. The summed E-state index contributed by atoms with van der Waals surface area (Å²) in [7, 11) is 0. The average molecular weight is 193 g/mol. The molecule has 76 valence electrons. The lowest BCUT2D eigenvalue weighted by Gasteiger charge is -2.19. The zero-order valence-electron chi connectivity index (χ0n) is 8.34. The average Bonchev–Trinajstić information content (AvgIpc) is 2.32. The number of nitrogens with zero attached hydrogens (tertiary/aromatic N) is 1. The monoisotopic (exact) mass is 193 g/mol. The van der Waals surface area contributed by atoms with Crippen molar-refractivity contribution in [1.29, 1.82) is 5.41 Å². The van der Waals surface area contributed by atoms with Crippen molar-refractivity contribution in [3.63, 3.8) is 0 Å². The summed E-state index contributed by atoms with van der Waals surface area (Å²) in [6.07, 6.45) is 1.95. The Labute approximate surface area is 83.2 Å². The summed E-state index contributed by atoms with van der Waals surface area (Å²) in [5.41, 5.74) is 6.66. The van der Waals surface area contributed by atoms with E-state index in [2.05, 4.69) is 0 Å². The fourth-order valence-electron chi connectivity index (χ4n) is 1.88. The number of fused-ring (bicyclic) bond motifs is 1. The van der Waals surface area contributed by atoms with Crippen LogP contribution in [0.4, 0.5) is 0 Å². The van der Waals surface area contributed by atoms with Crippen LogP contribution in [0.5, 0.6) is 0 Å². The molecule has 0 saturated heterocycles. The van der Waals surface area contributed by atoms with Gasteiger partial charge in [0.05, 0.1) is 0 Å². The van der Waals surface area contributed by atoms with E-state index < -0.39 is 0 Å². The second-order valence-corrected chi connectivity index (χ2v) is 3.72. The van der Waals surface area contributed by atoms with Crippen LogP contribution >= 0.6 is 0 Å². The van der Waals surface area contributed by atoms with Crippen LogP contribution in [0.3, 0.4) is 0 Å². The number of nitrogens with two attached hydrogens (primary N) is 1. The molecule has 1 aromatic rings. The highest BCUT2D eigenvalue weighted by Crippen LogP contribution is 2.21. The Hall–Kier alpha value is -1.45. The number of furan rings is 1. The van der Waals surface area contributed by atoms with Crippen molar-refractivity contribution in [2.75, 3.05) is 6.54 Å². The second-order valence-electron chi connectivity index (χ2n) is 3.72. The van der Waals surface area contributed by atoms with Gasteiger partial charge in [0, 0.05) is 25.1 Å². The largest absolute Gasteiger partial charge is 0.466 e. The number of guanidine groups is 1. The molecule has 2 heterocycles. The van der Waals surface area contributed by atoms with Gasteiger partial charge >= 0.3 is 0 Å². The molecule has 3 N–H and O–H groups in total. The van der Waals surface area contributed by atoms with Crippen LogP contribution in [0.2, 0.25) is 0 Å². The molecule has 14 heavy (non-hydrogen) atoms. The Morgan fingerprint density at radius 3 is 3.14 bits per heavy atom. The third kappa shape index (κ3) is 1.60. The standard InChI is InChI=1S/C10H15N3O/c1-7-5-8-6-13(10(11)12)4-2-3-9(8)14-7/h5H,2-4,6H2,1H3,(H3,11,12). The van der Waals surface area contributed by atoms with Gasteiger partial charge in [-0.25, -0.2) is 0 Å². The summed E-state index contributed by atoms with van der Waals surface area (Å²) < 4.78 is 5.58. The van der Waals surface area contributed by atoms with Gasteiger partial charge in [-0.15, -0.1) is 0 Å². The fourth-order valence-corrected chi connectivity index (χ4v) is 1.88. The molecule has 4 nitrogen and oxygen atoms in total. The molecule has 1 aliphatic rings. The molecule has 2 rings (SSSR count). The minimum Gasteiger partial charge on any atom is -0.466 e. The maximum atomic E-state index is 7.41. The number of aryl methyl sites for hydroxylation is 2. The van der Waals surface area contributed by atoms with Crippen molar-refractivity contribution in [2.45, 2.75) is 26.3 Å². The summed E-state index contributed by atoms with van der Waals surface area (Å²) in [6, 6.07) is 2.04. The Morgan fingerprint density at radius 2 is 2.43 bits per heavy atom. The molecule has 0 unspecified atom stereocenters. The van der Waals surface area contributed by atoms with Crippen molar-refractivity contribution in [3.8, 4) is 0 Å². The van der Waals surface area contributed by atoms with E-state index in [0.29, 0.717) is 6.54 Å². The van der Waals surface area contributed by atoms with Crippen LogP contribution in [-0.2, 0) is 13.0 Å². The minimum absolute atomic E-state index is 0.150. The summed E-state index contributed by atoms with van der Waals surface area (Å²) in [5, 5.41) is 7.41. The first-order valence-corrected chi connectivity index (χ1v) is 4.84. The van der Waals surface area contributed by atoms with E-state index in [1.807, 2.05) is 17.9 Å². The topological polar surface area (TPSA) is 66.2 Å². The van der Waals surface area contributed by atoms with Gasteiger partial charge < -0.3 is 15.1 Å². The smallest absolute Gasteiger partial charge is 0.188 e. The van der Waals surface area contributed by atoms with E-state index in [1.54, 1.807) is 0 Å². The highest BCUT2D eigenvalue weighted by Gasteiger charge is 2.18. The molecule has 0 atom stereocenters. The van der Waals surface area contributed by atoms with Crippen molar-refractivity contribution in [1.82, 2.24) is 4.90 Å². The zero-order chi connectivity index (χ0) is 10.1. The van der Waals surface area contributed by atoms with E-state index >= 15 is 0 Å².